The molecule has 1 saturated carbocycles. The number of amides is 1. The van der Waals surface area contributed by atoms with E-state index < -0.39 is 0 Å². The fourth-order valence-corrected chi connectivity index (χ4v) is 3.71. The molecule has 1 amide bonds. The number of rotatable bonds is 7. The summed E-state index contributed by atoms with van der Waals surface area (Å²) >= 11 is 7.52. The molecule has 1 aliphatic carbocycles. The van der Waals surface area contributed by atoms with Gasteiger partial charge in [-0.05, 0) is 44.9 Å². The first-order chi connectivity index (χ1) is 12.0. The third-order valence-corrected chi connectivity index (χ3v) is 5.45. The molecule has 1 aromatic carbocycles. The first kappa shape index (κ1) is 18.1. The van der Waals surface area contributed by atoms with Crippen molar-refractivity contribution in [3.8, 4) is 5.75 Å². The largest absolute Gasteiger partial charge is 0.495 e. The lowest BCUT2D eigenvalue weighted by atomic mass is 10.3. The number of nitrogens with one attached hydrogen (secondary N) is 1. The number of carbonyl (C=O) groups is 1. The third kappa shape index (κ3) is 4.10. The van der Waals surface area contributed by atoms with E-state index in [1.54, 1.807) is 25.3 Å². The smallest absolute Gasteiger partial charge is 0.237 e. The number of thioether (sulfide) groups is 1. The van der Waals surface area contributed by atoms with Crippen LogP contribution < -0.4 is 10.1 Å². The highest BCUT2D eigenvalue weighted by Crippen LogP contribution is 2.40. The molecule has 8 heteroatoms. The number of halogens is 1. The van der Waals surface area contributed by atoms with E-state index in [4.69, 9.17) is 16.3 Å². The van der Waals surface area contributed by atoms with Crippen LogP contribution in [-0.2, 0) is 11.3 Å². The van der Waals surface area contributed by atoms with Crippen molar-refractivity contribution in [2.24, 2.45) is 0 Å². The molecule has 2 aromatic rings. The summed E-state index contributed by atoms with van der Waals surface area (Å²) in [5.41, 5.74) is 0.638. The highest BCUT2D eigenvalue weighted by Gasteiger charge is 2.30. The number of carbonyl (C=O) groups excluding carboxylic acids is 1. The van der Waals surface area contributed by atoms with E-state index in [0.29, 0.717) is 22.4 Å². The molecule has 1 unspecified atom stereocenters. The van der Waals surface area contributed by atoms with Crippen LogP contribution in [0.4, 0.5) is 5.69 Å². The van der Waals surface area contributed by atoms with Gasteiger partial charge in [0.15, 0.2) is 5.16 Å². The van der Waals surface area contributed by atoms with E-state index in [-0.39, 0.29) is 11.2 Å². The van der Waals surface area contributed by atoms with Crippen molar-refractivity contribution in [3.05, 3.63) is 29.0 Å². The van der Waals surface area contributed by atoms with Crippen molar-refractivity contribution in [1.29, 1.82) is 0 Å². The molecule has 1 fully saturated rings. The van der Waals surface area contributed by atoms with Crippen LogP contribution in [0.1, 0.15) is 38.4 Å². The Balaban J connectivity index is 1.66. The van der Waals surface area contributed by atoms with E-state index in [9.17, 15) is 4.79 Å². The minimum atomic E-state index is -0.303. The minimum Gasteiger partial charge on any atom is -0.495 e. The Labute approximate surface area is 156 Å². The number of nitrogens with zero attached hydrogens (tertiary/aromatic N) is 3. The van der Waals surface area contributed by atoms with Gasteiger partial charge in [0.2, 0.25) is 5.91 Å². The molecule has 3 rings (SSSR count). The fraction of sp³-hybridized carbons (Fsp3) is 0.471. The quantitative estimate of drug-likeness (QED) is 0.736. The molecular formula is C17H21ClN4O2S. The molecule has 1 heterocycles. The van der Waals surface area contributed by atoms with Crippen molar-refractivity contribution in [2.75, 3.05) is 12.4 Å². The number of anilines is 1. The monoisotopic (exact) mass is 380 g/mol. The molecule has 1 aliphatic rings. The Bertz CT molecular complexity index is 776. The molecule has 1 N–H and O–H groups in total. The Morgan fingerprint density at radius 1 is 1.48 bits per heavy atom. The molecule has 134 valence electrons. The Kier molecular flexibility index (Phi) is 5.54. The maximum atomic E-state index is 12.5. The van der Waals surface area contributed by atoms with Crippen LogP contribution in [-0.4, -0.2) is 33.0 Å². The highest BCUT2D eigenvalue weighted by molar-refractivity contribution is 8.00. The van der Waals surface area contributed by atoms with E-state index in [0.717, 1.165) is 17.5 Å². The molecule has 0 radical (unpaired) electrons. The second-order valence-electron chi connectivity index (χ2n) is 5.96. The van der Waals surface area contributed by atoms with Gasteiger partial charge in [-0.3, -0.25) is 4.79 Å². The molecule has 0 bridgehead atoms. The molecule has 0 spiro atoms. The maximum absolute atomic E-state index is 12.5. The maximum Gasteiger partial charge on any atom is 0.237 e. The Hall–Kier alpha value is -1.73. The summed E-state index contributed by atoms with van der Waals surface area (Å²) in [6.45, 7) is 4.74. The third-order valence-electron chi connectivity index (χ3n) is 4.07. The first-order valence-electron chi connectivity index (χ1n) is 8.27. The van der Waals surface area contributed by atoms with Crippen LogP contribution >= 0.6 is 23.4 Å². The summed E-state index contributed by atoms with van der Waals surface area (Å²) in [7, 11) is 1.55. The van der Waals surface area contributed by atoms with Gasteiger partial charge in [0.05, 0.1) is 17.4 Å². The fourth-order valence-electron chi connectivity index (χ4n) is 2.53. The van der Waals surface area contributed by atoms with Gasteiger partial charge in [0.25, 0.3) is 0 Å². The molecular weight excluding hydrogens is 360 g/mol. The average molecular weight is 381 g/mol. The number of hydrogen-bond acceptors (Lipinski definition) is 5. The molecule has 0 aliphatic heterocycles. The summed E-state index contributed by atoms with van der Waals surface area (Å²) in [5, 5.41) is 12.4. The van der Waals surface area contributed by atoms with Gasteiger partial charge in [-0.15, -0.1) is 10.2 Å². The molecule has 6 nitrogen and oxygen atoms in total. The Morgan fingerprint density at radius 2 is 2.24 bits per heavy atom. The van der Waals surface area contributed by atoms with E-state index >= 15 is 0 Å². The van der Waals surface area contributed by atoms with Crippen LogP contribution in [0.2, 0.25) is 5.02 Å². The van der Waals surface area contributed by atoms with Gasteiger partial charge >= 0.3 is 0 Å². The van der Waals surface area contributed by atoms with E-state index in [2.05, 4.69) is 27.0 Å². The van der Waals surface area contributed by atoms with Crippen molar-refractivity contribution in [1.82, 2.24) is 14.8 Å². The standard InChI is InChI=1S/C17H21ClN4O2S/c1-4-22-15(11-5-6-11)20-21-17(22)25-10(2)16(23)19-12-7-8-14(24-3)13(18)9-12/h7-11H,4-6H2,1-3H3,(H,19,23). The topological polar surface area (TPSA) is 69.0 Å². The van der Waals surface area contributed by atoms with Crippen molar-refractivity contribution < 1.29 is 9.53 Å². The summed E-state index contributed by atoms with van der Waals surface area (Å²) in [6.07, 6.45) is 2.36. The summed E-state index contributed by atoms with van der Waals surface area (Å²) < 4.78 is 7.22. The second-order valence-corrected chi connectivity index (χ2v) is 7.67. The lowest BCUT2D eigenvalue weighted by Gasteiger charge is -2.13. The van der Waals surface area contributed by atoms with Crippen molar-refractivity contribution >= 4 is 35.0 Å². The molecule has 1 atom stereocenters. The predicted octanol–water partition coefficient (Wildman–Crippen LogP) is 3.96. The number of ether oxygens (including phenoxy) is 1. The lowest BCUT2D eigenvalue weighted by Crippen LogP contribution is -2.23. The van der Waals surface area contributed by atoms with Gasteiger partial charge in [-0.2, -0.15) is 0 Å². The predicted molar refractivity (Wildman–Crippen MR) is 99.6 cm³/mol. The minimum absolute atomic E-state index is 0.107. The van der Waals surface area contributed by atoms with Gasteiger partial charge in [0.1, 0.15) is 11.6 Å². The van der Waals surface area contributed by atoms with Crippen LogP contribution in [0.5, 0.6) is 5.75 Å². The Morgan fingerprint density at radius 3 is 2.84 bits per heavy atom. The summed E-state index contributed by atoms with van der Waals surface area (Å²) in [6, 6.07) is 5.17. The lowest BCUT2D eigenvalue weighted by molar-refractivity contribution is -0.115. The second kappa shape index (κ2) is 7.66. The van der Waals surface area contributed by atoms with Gasteiger partial charge in [-0.1, -0.05) is 23.4 Å². The number of hydrogen-bond donors (Lipinski definition) is 1. The highest BCUT2D eigenvalue weighted by atomic mass is 35.5. The molecule has 0 saturated heterocycles. The van der Waals surface area contributed by atoms with Gasteiger partial charge < -0.3 is 14.6 Å². The average Bonchev–Trinajstić information content (AvgIpc) is 3.36. The van der Waals surface area contributed by atoms with Gasteiger partial charge in [0, 0.05) is 18.2 Å². The van der Waals surface area contributed by atoms with Crippen molar-refractivity contribution in [3.63, 3.8) is 0 Å². The number of benzene rings is 1. The zero-order valence-electron chi connectivity index (χ0n) is 14.5. The van der Waals surface area contributed by atoms with Crippen LogP contribution in [0, 0.1) is 0 Å². The first-order valence-corrected chi connectivity index (χ1v) is 9.53. The van der Waals surface area contributed by atoms with Gasteiger partial charge in [-0.25, -0.2) is 0 Å². The normalized spacial score (nSPS) is 15.0. The van der Waals surface area contributed by atoms with E-state index in [1.165, 1.54) is 24.6 Å². The van der Waals surface area contributed by atoms with E-state index in [1.807, 2.05) is 6.92 Å². The van der Waals surface area contributed by atoms with Crippen LogP contribution in [0.3, 0.4) is 0 Å². The zero-order valence-corrected chi connectivity index (χ0v) is 16.0. The van der Waals surface area contributed by atoms with Crippen LogP contribution in [0.25, 0.3) is 0 Å². The summed E-state index contributed by atoms with van der Waals surface area (Å²) in [5.74, 6) is 2.04. The zero-order chi connectivity index (χ0) is 18.0. The molecule has 25 heavy (non-hydrogen) atoms. The molecule has 1 aromatic heterocycles. The number of methoxy groups -OCH3 is 1. The van der Waals surface area contributed by atoms with Crippen LogP contribution in [0.15, 0.2) is 23.4 Å². The number of aromatic nitrogens is 3. The SMILES string of the molecule is CCn1c(SC(C)C(=O)Nc2ccc(OC)c(Cl)c2)nnc1C1CC1. The summed E-state index contributed by atoms with van der Waals surface area (Å²) in [4.78, 5) is 12.5. The van der Waals surface area contributed by atoms with Crippen molar-refractivity contribution in [2.45, 2.75) is 49.6 Å².